The predicted octanol–water partition coefficient (Wildman–Crippen LogP) is 3.37. The summed E-state index contributed by atoms with van der Waals surface area (Å²) in [5, 5.41) is 0. The van der Waals surface area contributed by atoms with Crippen LogP contribution in [0.15, 0.2) is 0 Å². The summed E-state index contributed by atoms with van der Waals surface area (Å²) in [6.07, 6.45) is -14.2. The molecule has 0 spiro atoms. The van der Waals surface area contributed by atoms with E-state index in [1.54, 1.807) is 0 Å². The number of hydrogen-bond donors (Lipinski definition) is 0. The molecule has 0 aliphatic heterocycles. The molecule has 0 aromatic carbocycles. The molecular formula is C34H54O34P4. The number of esters is 9. The summed E-state index contributed by atoms with van der Waals surface area (Å²) in [6.45, 7) is -2.00. The molecule has 0 aromatic rings. The largest absolute Gasteiger partial charge is 0.481 e. The molecule has 0 N–H and O–H groups in total. The molecular weight excluding hydrogens is 1080 g/mol. The van der Waals surface area contributed by atoms with Crippen LogP contribution in [-0.2, 0) is 158 Å². The maximum absolute atomic E-state index is 14.7. The van der Waals surface area contributed by atoms with Crippen LogP contribution in [0.25, 0.3) is 0 Å². The molecule has 0 heterocycles. The Bertz CT molecular complexity index is 1950. The Morgan fingerprint density at radius 2 is 0.569 bits per heavy atom. The van der Waals surface area contributed by atoms with E-state index in [0.29, 0.717) is 0 Å². The summed E-state index contributed by atoms with van der Waals surface area (Å²) in [5.41, 5.74) is 0. The number of carbonyl (C=O) groups is 9. The molecule has 72 heavy (non-hydrogen) atoms. The minimum absolute atomic E-state index is 0.0625. The van der Waals surface area contributed by atoms with E-state index in [1.807, 2.05) is 0 Å². The van der Waals surface area contributed by atoms with E-state index in [1.165, 1.54) is 6.92 Å². The van der Waals surface area contributed by atoms with Gasteiger partial charge in [0.05, 0.1) is 0 Å². The van der Waals surface area contributed by atoms with Gasteiger partial charge in [0, 0.05) is 68.2 Å². The van der Waals surface area contributed by atoms with Crippen molar-refractivity contribution < 1.29 is 158 Å². The monoisotopic (exact) mass is 1130 g/mol. The van der Waals surface area contributed by atoms with Crippen molar-refractivity contribution in [1.29, 1.82) is 0 Å². The third-order valence-corrected chi connectivity index (χ3v) is 12.8. The van der Waals surface area contributed by atoms with E-state index in [4.69, 9.17) is 59.0 Å². The van der Waals surface area contributed by atoms with Gasteiger partial charge in [-0.15, -0.1) is 0 Å². The van der Waals surface area contributed by atoms with Gasteiger partial charge in [0.2, 0.25) is 54.3 Å². The highest BCUT2D eigenvalue weighted by molar-refractivity contribution is 7.49. The molecule has 0 unspecified atom stereocenters. The topological polar surface area (TPSA) is 416 Å². The van der Waals surface area contributed by atoms with Gasteiger partial charge in [-0.05, 0) is 6.42 Å². The summed E-state index contributed by atoms with van der Waals surface area (Å²) >= 11 is 0. The number of ether oxygens (including phenoxy) is 9. The summed E-state index contributed by atoms with van der Waals surface area (Å²) in [6, 6.07) is 0. The fourth-order valence-corrected chi connectivity index (χ4v) is 8.95. The zero-order chi connectivity index (χ0) is 54.7. The first kappa shape index (κ1) is 65.7. The van der Waals surface area contributed by atoms with Crippen LogP contribution < -0.4 is 0 Å². The summed E-state index contributed by atoms with van der Waals surface area (Å²) < 4.78 is 165. The first-order valence-corrected chi connectivity index (χ1v) is 25.9. The standard InChI is InChI=1S/C34H54O34P4/c1-10-11-31(43)64-29-12-30(65-69(44,56-13-48-21(2)35)57-14-49-22(3)36)33(67-71(46,60-17-52-25(6)39)61-18-53-26(7)40)34(68-72(47,62-19-54-27(8)41)63-20-55-28(9)42)32(29)66-70(45,58-15-50-23(4)37)59-16-51-24(5)38/h29-30,32-34H,10-20H2,1-9H3/t29-,30-,32-,33+,34+/m0/s1. The van der Waals surface area contributed by atoms with Crippen molar-refractivity contribution in [2.45, 2.75) is 112 Å². The quantitative estimate of drug-likeness (QED) is 0.0380. The lowest BCUT2D eigenvalue weighted by Crippen LogP contribution is -2.59. The molecule has 1 rings (SSSR count). The smallest absolute Gasteiger partial charge is 0.459 e. The van der Waals surface area contributed by atoms with Crippen LogP contribution >= 0.6 is 31.3 Å². The zero-order valence-corrected chi connectivity index (χ0v) is 43.4. The number of hydrogen-bond acceptors (Lipinski definition) is 34. The van der Waals surface area contributed by atoms with Gasteiger partial charge in [0.25, 0.3) is 0 Å². The third-order valence-electron chi connectivity index (χ3n) is 7.38. The Labute approximate surface area is 409 Å². The molecule has 1 aliphatic rings. The van der Waals surface area contributed by atoms with Crippen LogP contribution in [0, 0.1) is 0 Å². The maximum atomic E-state index is 14.7. The lowest BCUT2D eigenvalue weighted by molar-refractivity contribution is -0.197. The van der Waals surface area contributed by atoms with Crippen LogP contribution in [0.5, 0.6) is 0 Å². The average Bonchev–Trinajstić information content (AvgIpc) is 3.22. The molecule has 34 nitrogen and oxygen atoms in total. The molecule has 38 heteroatoms. The van der Waals surface area contributed by atoms with Gasteiger partial charge >= 0.3 is 85.0 Å². The number of carbonyl (C=O) groups excluding carboxylic acids is 9. The van der Waals surface area contributed by atoms with Gasteiger partial charge in [-0.1, -0.05) is 6.92 Å². The van der Waals surface area contributed by atoms with Crippen LogP contribution in [0.2, 0.25) is 0 Å². The SMILES string of the molecule is CCCC(=O)O[C@H]1C[C@H](OP(=O)(OCOC(C)=O)OCOC(C)=O)[C@@H](OP(=O)(OCOC(C)=O)OCOC(C)=O)[C@H](OP(=O)(OCOC(C)=O)OCOC(C)=O)[C@H]1OP(=O)(OCOC(C)=O)OCOC(C)=O. The van der Waals surface area contributed by atoms with Crippen molar-refractivity contribution in [3.05, 3.63) is 0 Å². The number of rotatable bonds is 35. The van der Waals surface area contributed by atoms with Crippen LogP contribution in [0.3, 0.4) is 0 Å². The molecule has 1 fully saturated rings. The van der Waals surface area contributed by atoms with Crippen molar-refractivity contribution in [3.8, 4) is 0 Å². The molecule has 0 saturated heterocycles. The fourth-order valence-electron chi connectivity index (χ4n) is 4.53. The van der Waals surface area contributed by atoms with E-state index in [2.05, 4.69) is 37.9 Å². The van der Waals surface area contributed by atoms with E-state index in [9.17, 15) is 61.4 Å². The van der Waals surface area contributed by atoms with Crippen molar-refractivity contribution in [2.75, 3.05) is 54.3 Å². The average molecular weight is 1130 g/mol. The highest BCUT2D eigenvalue weighted by atomic mass is 31.2. The summed E-state index contributed by atoms with van der Waals surface area (Å²) in [7, 11) is -22.5. The molecule has 5 atom stereocenters. The normalized spacial score (nSPS) is 18.2. The van der Waals surface area contributed by atoms with Gasteiger partial charge < -0.3 is 42.6 Å². The van der Waals surface area contributed by atoms with Crippen molar-refractivity contribution >= 4 is 85.0 Å². The summed E-state index contributed by atoms with van der Waals surface area (Å²) in [4.78, 5) is 107. The minimum atomic E-state index is -5.73. The second kappa shape index (κ2) is 32.8. The fraction of sp³-hybridized carbons (Fsp3) is 0.735. The van der Waals surface area contributed by atoms with Crippen molar-refractivity contribution in [3.63, 3.8) is 0 Å². The molecule has 1 saturated carbocycles. The molecule has 0 amide bonds. The van der Waals surface area contributed by atoms with Crippen LogP contribution in [0.1, 0.15) is 81.6 Å². The van der Waals surface area contributed by atoms with E-state index >= 15 is 0 Å². The van der Waals surface area contributed by atoms with Gasteiger partial charge in [0.15, 0.2) is 0 Å². The molecule has 0 bridgehead atoms. The lowest BCUT2D eigenvalue weighted by Gasteiger charge is -2.46. The predicted molar refractivity (Wildman–Crippen MR) is 221 cm³/mol. The Kier molecular flexibility index (Phi) is 29.9. The Morgan fingerprint density at radius 3 is 0.806 bits per heavy atom. The second-order valence-electron chi connectivity index (χ2n) is 13.2. The Balaban J connectivity index is 4.62. The highest BCUT2D eigenvalue weighted by Crippen LogP contribution is 2.61. The minimum Gasteiger partial charge on any atom is -0.459 e. The second-order valence-corrected chi connectivity index (χ2v) is 19.7. The van der Waals surface area contributed by atoms with Gasteiger partial charge in [0.1, 0.15) is 30.5 Å². The van der Waals surface area contributed by atoms with E-state index in [0.717, 1.165) is 55.4 Å². The van der Waals surface area contributed by atoms with Gasteiger partial charge in [-0.25, -0.2) is 54.5 Å². The molecule has 414 valence electrons. The zero-order valence-electron chi connectivity index (χ0n) is 39.8. The van der Waals surface area contributed by atoms with Gasteiger partial charge in [-0.3, -0.25) is 61.2 Å². The first-order valence-electron chi connectivity index (χ1n) is 20.1. The van der Waals surface area contributed by atoms with Crippen molar-refractivity contribution in [2.24, 2.45) is 0 Å². The third kappa shape index (κ3) is 28.2. The molecule has 1 aliphatic carbocycles. The highest BCUT2D eigenvalue weighted by Gasteiger charge is 2.59. The molecule has 0 radical (unpaired) electrons. The first-order chi connectivity index (χ1) is 33.5. The summed E-state index contributed by atoms with van der Waals surface area (Å²) in [5.74, 6) is -9.63. The van der Waals surface area contributed by atoms with Crippen LogP contribution in [0.4, 0.5) is 0 Å². The van der Waals surface area contributed by atoms with E-state index in [-0.39, 0.29) is 6.42 Å². The van der Waals surface area contributed by atoms with E-state index < -0.39 is 183 Å². The van der Waals surface area contributed by atoms with Gasteiger partial charge in [-0.2, -0.15) is 0 Å². The number of phosphoric ester groups is 4. The maximum Gasteiger partial charge on any atom is 0.481 e. The lowest BCUT2D eigenvalue weighted by atomic mass is 9.87. The van der Waals surface area contributed by atoms with Crippen LogP contribution in [-0.4, -0.2) is 139 Å². The molecule has 0 aromatic heterocycles. The Morgan fingerprint density at radius 1 is 0.347 bits per heavy atom. The van der Waals surface area contributed by atoms with Crippen molar-refractivity contribution in [1.82, 2.24) is 0 Å². The Hall–Kier alpha value is -4.33. The number of phosphoric acid groups is 4.